The van der Waals surface area contributed by atoms with Crippen LogP contribution in [0.1, 0.15) is 26.5 Å². The minimum absolute atomic E-state index is 0.179. The highest BCUT2D eigenvalue weighted by molar-refractivity contribution is 7.10. The number of carbonyl (C=O) groups is 1. The number of carbonyl (C=O) groups excluding carboxylic acids is 1. The van der Waals surface area contributed by atoms with Gasteiger partial charge in [0.2, 0.25) is 0 Å². The number of nitrogens with zero attached hydrogens (tertiary/aromatic N) is 1. The van der Waals surface area contributed by atoms with Crippen molar-refractivity contribution >= 4 is 29.5 Å². The average Bonchev–Trinajstić information content (AvgIpc) is 3.03. The highest BCUT2D eigenvalue weighted by Gasteiger charge is 2.02. The Labute approximate surface area is 138 Å². The molecule has 2 aromatic carbocycles. The highest BCUT2D eigenvalue weighted by atomic mass is 32.1. The van der Waals surface area contributed by atoms with Crippen molar-refractivity contribution in [3.8, 4) is 11.3 Å². The molecule has 0 fully saturated rings. The van der Waals surface area contributed by atoms with Crippen molar-refractivity contribution in [3.05, 3.63) is 75.6 Å². The monoisotopic (exact) mass is 320 g/mol. The van der Waals surface area contributed by atoms with Crippen molar-refractivity contribution in [3.63, 3.8) is 0 Å². The van der Waals surface area contributed by atoms with Crippen LogP contribution >= 0.6 is 11.3 Å². The van der Waals surface area contributed by atoms with Crippen LogP contribution in [-0.4, -0.2) is 11.0 Å². The van der Waals surface area contributed by atoms with Crippen LogP contribution in [0.25, 0.3) is 23.4 Å². The Kier molecular flexibility index (Phi) is 4.35. The van der Waals surface area contributed by atoms with Gasteiger partial charge in [-0.1, -0.05) is 60.2 Å². The summed E-state index contributed by atoms with van der Waals surface area (Å²) in [5, 5.41) is 13.7. The molecule has 114 valence electrons. The van der Waals surface area contributed by atoms with Gasteiger partial charge in [-0.15, -0.1) is 11.3 Å². The van der Waals surface area contributed by atoms with E-state index in [0.717, 1.165) is 21.8 Å². The number of carboxylic acids is 1. The Balaban J connectivity index is 1.75. The molecule has 4 heteroatoms. The Bertz CT molecular complexity index is 846. The summed E-state index contributed by atoms with van der Waals surface area (Å²) < 4.78 is 0. The summed E-state index contributed by atoms with van der Waals surface area (Å²) in [6, 6.07) is 14.8. The maximum atomic E-state index is 10.7. The largest absolute Gasteiger partial charge is 0.545 e. The van der Waals surface area contributed by atoms with E-state index in [1.165, 1.54) is 17.7 Å². The molecule has 0 unspecified atom stereocenters. The Morgan fingerprint density at radius 2 is 1.74 bits per heavy atom. The van der Waals surface area contributed by atoms with Crippen LogP contribution in [0.3, 0.4) is 0 Å². The van der Waals surface area contributed by atoms with Gasteiger partial charge < -0.3 is 9.90 Å². The predicted octanol–water partition coefficient (Wildman–Crippen LogP) is 3.65. The van der Waals surface area contributed by atoms with Crippen molar-refractivity contribution in [2.75, 3.05) is 0 Å². The smallest absolute Gasteiger partial charge is 0.116 e. The number of carboxylic acid groups (broad SMARTS) is 1. The fourth-order valence-electron chi connectivity index (χ4n) is 2.12. The van der Waals surface area contributed by atoms with E-state index >= 15 is 0 Å². The summed E-state index contributed by atoms with van der Waals surface area (Å²) in [5.41, 5.74) is 4.39. The minimum atomic E-state index is -1.16. The fourth-order valence-corrected chi connectivity index (χ4v) is 2.84. The third-order valence-corrected chi connectivity index (χ3v) is 4.24. The molecule has 0 amide bonds. The summed E-state index contributed by atoms with van der Waals surface area (Å²) in [7, 11) is 0. The van der Waals surface area contributed by atoms with Gasteiger partial charge in [-0.3, -0.25) is 0 Å². The highest BCUT2D eigenvalue weighted by Crippen LogP contribution is 2.23. The summed E-state index contributed by atoms with van der Waals surface area (Å²) in [5.74, 6) is -1.16. The van der Waals surface area contributed by atoms with E-state index in [2.05, 4.69) is 36.2 Å². The van der Waals surface area contributed by atoms with E-state index in [9.17, 15) is 9.90 Å². The fraction of sp³-hybridized carbons (Fsp3) is 0.0526. The number of thiazole rings is 1. The van der Waals surface area contributed by atoms with Crippen molar-refractivity contribution in [2.45, 2.75) is 6.92 Å². The Morgan fingerprint density at radius 1 is 1.04 bits per heavy atom. The van der Waals surface area contributed by atoms with E-state index in [-0.39, 0.29) is 5.56 Å². The zero-order chi connectivity index (χ0) is 16.2. The maximum absolute atomic E-state index is 10.7. The van der Waals surface area contributed by atoms with Gasteiger partial charge in [-0.25, -0.2) is 4.98 Å². The molecule has 1 heterocycles. The second-order valence-corrected chi connectivity index (χ2v) is 6.07. The molecule has 23 heavy (non-hydrogen) atoms. The molecule has 0 spiro atoms. The van der Waals surface area contributed by atoms with Gasteiger partial charge in [-0.05, 0) is 24.1 Å². The molecule has 0 aliphatic heterocycles. The second kappa shape index (κ2) is 6.58. The van der Waals surface area contributed by atoms with E-state index in [1.54, 1.807) is 23.5 Å². The van der Waals surface area contributed by atoms with Gasteiger partial charge in [0, 0.05) is 10.9 Å². The molecular formula is C19H14NO2S-. The predicted molar refractivity (Wildman–Crippen MR) is 92.0 cm³/mol. The molecule has 0 N–H and O–H groups in total. The van der Waals surface area contributed by atoms with Gasteiger partial charge in [0.1, 0.15) is 5.01 Å². The van der Waals surface area contributed by atoms with Crippen LogP contribution in [0.5, 0.6) is 0 Å². The number of benzene rings is 2. The first-order valence-electron chi connectivity index (χ1n) is 7.14. The van der Waals surface area contributed by atoms with Crippen molar-refractivity contribution in [2.24, 2.45) is 0 Å². The van der Waals surface area contributed by atoms with E-state index in [0.29, 0.717) is 0 Å². The van der Waals surface area contributed by atoms with Crippen molar-refractivity contribution in [1.82, 2.24) is 4.98 Å². The zero-order valence-electron chi connectivity index (χ0n) is 12.5. The zero-order valence-corrected chi connectivity index (χ0v) is 13.3. The Morgan fingerprint density at radius 3 is 2.39 bits per heavy atom. The summed E-state index contributed by atoms with van der Waals surface area (Å²) in [4.78, 5) is 15.3. The molecule has 0 radical (unpaired) electrons. The number of aromatic nitrogens is 1. The van der Waals surface area contributed by atoms with E-state index in [1.807, 2.05) is 17.5 Å². The number of hydrogen-bond acceptors (Lipinski definition) is 4. The summed E-state index contributed by atoms with van der Waals surface area (Å²) >= 11 is 1.57. The molecule has 0 atom stereocenters. The minimum Gasteiger partial charge on any atom is -0.545 e. The number of aromatic carboxylic acids is 1. The molecule has 0 saturated heterocycles. The van der Waals surface area contributed by atoms with Gasteiger partial charge in [0.15, 0.2) is 0 Å². The maximum Gasteiger partial charge on any atom is 0.116 e. The van der Waals surface area contributed by atoms with Crippen molar-refractivity contribution in [1.29, 1.82) is 0 Å². The molecular weight excluding hydrogens is 306 g/mol. The number of hydrogen-bond donors (Lipinski definition) is 0. The molecule has 1 aromatic heterocycles. The first kappa shape index (κ1) is 15.2. The van der Waals surface area contributed by atoms with E-state index in [4.69, 9.17) is 0 Å². The van der Waals surface area contributed by atoms with Crippen LogP contribution in [0.2, 0.25) is 0 Å². The first-order valence-corrected chi connectivity index (χ1v) is 8.02. The topological polar surface area (TPSA) is 53.0 Å². The number of rotatable bonds is 4. The normalized spacial score (nSPS) is 11.0. The van der Waals surface area contributed by atoms with Crippen LogP contribution in [0.4, 0.5) is 0 Å². The van der Waals surface area contributed by atoms with Crippen LogP contribution < -0.4 is 5.11 Å². The van der Waals surface area contributed by atoms with Crippen LogP contribution in [-0.2, 0) is 0 Å². The lowest BCUT2D eigenvalue weighted by molar-refractivity contribution is -0.255. The molecule has 3 aromatic rings. The second-order valence-electron chi connectivity index (χ2n) is 5.18. The van der Waals surface area contributed by atoms with Gasteiger partial charge in [0.05, 0.1) is 11.7 Å². The molecule has 0 aliphatic carbocycles. The first-order chi connectivity index (χ1) is 11.1. The standard InChI is InChI=1S/C19H15NO2S/c1-13-2-7-15(8-3-13)17-12-23-18(20-17)11-6-14-4-9-16(10-5-14)19(21)22/h2-12H,1H3,(H,21,22)/p-1/b11-6+. The van der Waals surface area contributed by atoms with Crippen molar-refractivity contribution < 1.29 is 9.90 Å². The van der Waals surface area contributed by atoms with Crippen LogP contribution in [0.15, 0.2) is 53.9 Å². The molecule has 0 bridgehead atoms. The molecule has 0 aliphatic rings. The van der Waals surface area contributed by atoms with Gasteiger partial charge in [-0.2, -0.15) is 0 Å². The lowest BCUT2D eigenvalue weighted by Crippen LogP contribution is -2.21. The van der Waals surface area contributed by atoms with Gasteiger partial charge in [0.25, 0.3) is 0 Å². The summed E-state index contributed by atoms with van der Waals surface area (Å²) in [6.07, 6.45) is 3.84. The van der Waals surface area contributed by atoms with Gasteiger partial charge >= 0.3 is 0 Å². The summed E-state index contributed by atoms with van der Waals surface area (Å²) in [6.45, 7) is 2.06. The molecule has 3 nitrogen and oxygen atoms in total. The lowest BCUT2D eigenvalue weighted by Gasteiger charge is -2.01. The quantitative estimate of drug-likeness (QED) is 0.737. The van der Waals surface area contributed by atoms with Crippen LogP contribution in [0, 0.1) is 6.92 Å². The third kappa shape index (κ3) is 3.73. The molecule has 0 saturated carbocycles. The SMILES string of the molecule is Cc1ccc(-c2csc(/C=C/c3ccc(C(=O)[O-])cc3)n2)cc1. The average molecular weight is 320 g/mol. The Hall–Kier alpha value is -2.72. The van der Waals surface area contributed by atoms with E-state index < -0.39 is 5.97 Å². The molecule has 3 rings (SSSR count). The third-order valence-electron chi connectivity index (χ3n) is 3.43. The number of aryl methyl sites for hydroxylation is 1. The lowest BCUT2D eigenvalue weighted by atomic mass is 10.1.